The molecule has 0 radical (unpaired) electrons. The zero-order valence-corrected chi connectivity index (χ0v) is 7.93. The Morgan fingerprint density at radius 1 is 1.55 bits per heavy atom. The summed E-state index contributed by atoms with van der Waals surface area (Å²) in [5.74, 6) is 0.582. The summed E-state index contributed by atoms with van der Waals surface area (Å²) in [4.78, 5) is 0. The molecule has 2 atom stereocenters. The van der Waals surface area contributed by atoms with E-state index in [0.29, 0.717) is 12.5 Å². The van der Waals surface area contributed by atoms with Crippen LogP contribution in [0.1, 0.15) is 40.0 Å². The van der Waals surface area contributed by atoms with Crippen LogP contribution in [0.5, 0.6) is 0 Å². The lowest BCUT2D eigenvalue weighted by Crippen LogP contribution is -2.35. The van der Waals surface area contributed by atoms with E-state index in [4.69, 9.17) is 5.73 Å². The number of aliphatic hydroxyl groups is 1. The molecule has 0 aliphatic heterocycles. The molecule has 68 valence electrons. The quantitative estimate of drug-likeness (QED) is 0.639. The van der Waals surface area contributed by atoms with Gasteiger partial charge in [-0.15, -0.1) is 0 Å². The molecule has 0 aromatic rings. The molecule has 0 aliphatic carbocycles. The van der Waals surface area contributed by atoms with Crippen LogP contribution in [-0.4, -0.2) is 17.3 Å². The summed E-state index contributed by atoms with van der Waals surface area (Å²) in [5.41, 5.74) is 4.74. The van der Waals surface area contributed by atoms with E-state index in [0.717, 1.165) is 6.42 Å². The van der Waals surface area contributed by atoms with Gasteiger partial charge in [-0.2, -0.15) is 0 Å². The van der Waals surface area contributed by atoms with Gasteiger partial charge in [0.2, 0.25) is 0 Å². The van der Waals surface area contributed by atoms with E-state index in [1.54, 1.807) is 6.92 Å². The lowest BCUT2D eigenvalue weighted by molar-refractivity contribution is 0.0435. The summed E-state index contributed by atoms with van der Waals surface area (Å²) in [6.45, 7) is 6.49. The Bertz CT molecular complexity index is 102. The maximum atomic E-state index is 9.60. The Morgan fingerprint density at radius 2 is 2.09 bits per heavy atom. The minimum atomic E-state index is -0.658. The summed E-state index contributed by atoms with van der Waals surface area (Å²) < 4.78 is 0. The fourth-order valence-corrected chi connectivity index (χ4v) is 1.43. The minimum Gasteiger partial charge on any atom is -0.389 e. The van der Waals surface area contributed by atoms with Crippen LogP contribution in [0.15, 0.2) is 0 Å². The van der Waals surface area contributed by atoms with E-state index in [-0.39, 0.29) is 0 Å². The van der Waals surface area contributed by atoms with E-state index in [1.807, 2.05) is 0 Å². The first-order valence-corrected chi connectivity index (χ1v) is 4.44. The lowest BCUT2D eigenvalue weighted by Gasteiger charge is -2.24. The molecule has 2 unspecified atom stereocenters. The van der Waals surface area contributed by atoms with Gasteiger partial charge in [-0.3, -0.25) is 0 Å². The van der Waals surface area contributed by atoms with Crippen LogP contribution in [0, 0.1) is 5.92 Å². The third-order valence-corrected chi connectivity index (χ3v) is 2.01. The number of rotatable bonds is 5. The van der Waals surface area contributed by atoms with Crippen LogP contribution in [0.25, 0.3) is 0 Å². The second-order valence-corrected chi connectivity index (χ2v) is 3.80. The van der Waals surface area contributed by atoms with Crippen LogP contribution in [0.4, 0.5) is 0 Å². The monoisotopic (exact) mass is 159 g/mol. The topological polar surface area (TPSA) is 46.2 Å². The fourth-order valence-electron chi connectivity index (χ4n) is 1.43. The SMILES string of the molecule is CCCC(C)CC(C)(O)CN. The zero-order chi connectivity index (χ0) is 8.91. The summed E-state index contributed by atoms with van der Waals surface area (Å²) in [5, 5.41) is 9.60. The van der Waals surface area contributed by atoms with Crippen molar-refractivity contribution in [2.75, 3.05) is 6.54 Å². The van der Waals surface area contributed by atoms with E-state index in [2.05, 4.69) is 13.8 Å². The van der Waals surface area contributed by atoms with Crippen LogP contribution < -0.4 is 5.73 Å². The maximum Gasteiger partial charge on any atom is 0.0744 e. The van der Waals surface area contributed by atoms with Crippen molar-refractivity contribution in [2.45, 2.75) is 45.6 Å². The number of hydrogen-bond acceptors (Lipinski definition) is 2. The maximum absolute atomic E-state index is 9.60. The van der Waals surface area contributed by atoms with Gasteiger partial charge in [-0.25, -0.2) is 0 Å². The van der Waals surface area contributed by atoms with Crippen molar-refractivity contribution >= 4 is 0 Å². The van der Waals surface area contributed by atoms with E-state index in [9.17, 15) is 5.11 Å². The van der Waals surface area contributed by atoms with Crippen LogP contribution >= 0.6 is 0 Å². The molecular weight excluding hydrogens is 138 g/mol. The third kappa shape index (κ3) is 5.22. The predicted molar refractivity (Wildman–Crippen MR) is 48.4 cm³/mol. The average molecular weight is 159 g/mol. The Balaban J connectivity index is 3.64. The van der Waals surface area contributed by atoms with Gasteiger partial charge in [0.1, 0.15) is 0 Å². The molecule has 0 aromatic carbocycles. The van der Waals surface area contributed by atoms with Gasteiger partial charge in [0.05, 0.1) is 5.60 Å². The molecule has 0 aliphatic rings. The van der Waals surface area contributed by atoms with Crippen molar-refractivity contribution in [3.8, 4) is 0 Å². The van der Waals surface area contributed by atoms with E-state index < -0.39 is 5.60 Å². The summed E-state index contributed by atoms with van der Waals surface area (Å²) in [7, 11) is 0. The van der Waals surface area contributed by atoms with Crippen LogP contribution in [0.3, 0.4) is 0 Å². The van der Waals surface area contributed by atoms with Crippen molar-refractivity contribution < 1.29 is 5.11 Å². The first kappa shape index (κ1) is 10.9. The molecular formula is C9H21NO. The Kier molecular flexibility index (Phi) is 4.69. The molecule has 0 spiro atoms. The highest BCUT2D eigenvalue weighted by Crippen LogP contribution is 2.18. The Hall–Kier alpha value is -0.0800. The molecule has 0 saturated carbocycles. The molecule has 0 bridgehead atoms. The number of hydrogen-bond donors (Lipinski definition) is 2. The zero-order valence-electron chi connectivity index (χ0n) is 7.93. The highest BCUT2D eigenvalue weighted by molar-refractivity contribution is 4.75. The van der Waals surface area contributed by atoms with Crippen molar-refractivity contribution in [3.63, 3.8) is 0 Å². The Labute approximate surface area is 69.8 Å². The summed E-state index contributed by atoms with van der Waals surface area (Å²) >= 11 is 0. The van der Waals surface area contributed by atoms with Gasteiger partial charge in [0.25, 0.3) is 0 Å². The third-order valence-electron chi connectivity index (χ3n) is 2.01. The largest absolute Gasteiger partial charge is 0.389 e. The molecule has 0 fully saturated rings. The fraction of sp³-hybridized carbons (Fsp3) is 1.00. The van der Waals surface area contributed by atoms with Gasteiger partial charge in [0.15, 0.2) is 0 Å². The number of nitrogens with two attached hydrogens (primary N) is 1. The molecule has 0 amide bonds. The van der Waals surface area contributed by atoms with Crippen molar-refractivity contribution in [3.05, 3.63) is 0 Å². The predicted octanol–water partition coefficient (Wildman–Crippen LogP) is 1.52. The molecule has 0 saturated heterocycles. The smallest absolute Gasteiger partial charge is 0.0744 e. The molecule has 2 heteroatoms. The molecule has 0 rings (SSSR count). The van der Waals surface area contributed by atoms with Gasteiger partial charge in [-0.1, -0.05) is 26.7 Å². The standard InChI is InChI=1S/C9H21NO/c1-4-5-8(2)6-9(3,11)7-10/h8,11H,4-7,10H2,1-3H3. The second-order valence-electron chi connectivity index (χ2n) is 3.80. The van der Waals surface area contributed by atoms with Gasteiger partial charge in [0, 0.05) is 6.54 Å². The van der Waals surface area contributed by atoms with Crippen LogP contribution in [-0.2, 0) is 0 Å². The van der Waals surface area contributed by atoms with E-state index >= 15 is 0 Å². The van der Waals surface area contributed by atoms with Crippen molar-refractivity contribution in [1.82, 2.24) is 0 Å². The second kappa shape index (κ2) is 4.73. The summed E-state index contributed by atoms with van der Waals surface area (Å²) in [6, 6.07) is 0. The average Bonchev–Trinajstić information content (AvgIpc) is 1.87. The van der Waals surface area contributed by atoms with Crippen molar-refractivity contribution in [2.24, 2.45) is 11.7 Å². The highest BCUT2D eigenvalue weighted by atomic mass is 16.3. The lowest BCUT2D eigenvalue weighted by atomic mass is 9.90. The Morgan fingerprint density at radius 3 is 2.45 bits per heavy atom. The highest BCUT2D eigenvalue weighted by Gasteiger charge is 2.20. The normalized spacial score (nSPS) is 19.4. The molecule has 11 heavy (non-hydrogen) atoms. The van der Waals surface area contributed by atoms with Crippen molar-refractivity contribution in [1.29, 1.82) is 0 Å². The minimum absolute atomic E-state index is 0.362. The first-order chi connectivity index (χ1) is 5.02. The van der Waals surface area contributed by atoms with Gasteiger partial charge in [-0.05, 0) is 19.3 Å². The molecule has 0 heterocycles. The van der Waals surface area contributed by atoms with E-state index in [1.165, 1.54) is 12.8 Å². The van der Waals surface area contributed by atoms with Gasteiger partial charge >= 0.3 is 0 Å². The van der Waals surface area contributed by atoms with Gasteiger partial charge < -0.3 is 10.8 Å². The first-order valence-electron chi connectivity index (χ1n) is 4.44. The van der Waals surface area contributed by atoms with Crippen LogP contribution in [0.2, 0.25) is 0 Å². The molecule has 0 aromatic heterocycles. The molecule has 2 nitrogen and oxygen atoms in total. The molecule has 3 N–H and O–H groups in total. The summed E-state index contributed by atoms with van der Waals surface area (Å²) in [6.07, 6.45) is 3.18.